The number of aromatic amines is 1. The third kappa shape index (κ3) is 2.11. The summed E-state index contributed by atoms with van der Waals surface area (Å²) in [6.45, 7) is 0. The van der Waals surface area contributed by atoms with E-state index < -0.39 is 0 Å². The number of hydrogen-bond acceptors (Lipinski definition) is 5. The van der Waals surface area contributed by atoms with Crippen LogP contribution in [0.2, 0.25) is 0 Å². The molecule has 76 valence electrons. The molecule has 0 radical (unpaired) electrons. The standard InChI is InChI=1S/C9H9N5O/c10-8-12-9(14-13-8)11-5-6-3-1-2-4-7(6)15/h1-5,15H,(H3,10,12,13,14). The summed E-state index contributed by atoms with van der Waals surface area (Å²) in [5, 5.41) is 15.6. The number of nitrogen functional groups attached to an aromatic ring is 1. The van der Waals surface area contributed by atoms with Gasteiger partial charge in [-0.1, -0.05) is 12.1 Å². The number of benzene rings is 1. The number of aliphatic imine (C=N–C) groups is 1. The van der Waals surface area contributed by atoms with Crippen LogP contribution in [-0.4, -0.2) is 26.5 Å². The van der Waals surface area contributed by atoms with Crippen molar-refractivity contribution in [2.75, 3.05) is 5.73 Å². The van der Waals surface area contributed by atoms with Gasteiger partial charge in [0.25, 0.3) is 5.95 Å². The second kappa shape index (κ2) is 3.79. The van der Waals surface area contributed by atoms with E-state index in [0.29, 0.717) is 5.56 Å². The van der Waals surface area contributed by atoms with Gasteiger partial charge in [0, 0.05) is 11.8 Å². The predicted octanol–water partition coefficient (Wildman–Crippen LogP) is 0.843. The summed E-state index contributed by atoms with van der Waals surface area (Å²) in [7, 11) is 0. The monoisotopic (exact) mass is 203 g/mol. The highest BCUT2D eigenvalue weighted by atomic mass is 16.3. The Bertz CT molecular complexity index is 491. The lowest BCUT2D eigenvalue weighted by Gasteiger charge is -1.94. The van der Waals surface area contributed by atoms with Crippen molar-refractivity contribution < 1.29 is 5.11 Å². The van der Waals surface area contributed by atoms with Gasteiger partial charge in [0.05, 0.1) is 0 Å². The van der Waals surface area contributed by atoms with Crippen molar-refractivity contribution in [3.8, 4) is 5.75 Å². The van der Waals surface area contributed by atoms with Gasteiger partial charge in [0.15, 0.2) is 0 Å². The largest absolute Gasteiger partial charge is 0.507 e. The highest BCUT2D eigenvalue weighted by Gasteiger charge is 1.97. The van der Waals surface area contributed by atoms with Gasteiger partial charge in [0.2, 0.25) is 5.95 Å². The highest BCUT2D eigenvalue weighted by Crippen LogP contribution is 2.14. The van der Waals surface area contributed by atoms with E-state index in [9.17, 15) is 5.11 Å². The first-order valence-electron chi connectivity index (χ1n) is 4.25. The van der Waals surface area contributed by atoms with Crippen LogP contribution in [0.15, 0.2) is 29.3 Å². The number of phenols is 1. The molecule has 2 aromatic rings. The Morgan fingerprint density at radius 2 is 2.20 bits per heavy atom. The Labute approximate surface area is 85.5 Å². The Morgan fingerprint density at radius 3 is 2.87 bits per heavy atom. The van der Waals surface area contributed by atoms with Gasteiger partial charge in [-0.3, -0.25) is 0 Å². The lowest BCUT2D eigenvalue weighted by atomic mass is 10.2. The molecule has 4 N–H and O–H groups in total. The second-order valence-electron chi connectivity index (χ2n) is 2.84. The number of aromatic hydroxyl groups is 1. The van der Waals surface area contributed by atoms with E-state index in [1.54, 1.807) is 24.3 Å². The molecule has 1 aromatic heterocycles. The number of rotatable bonds is 2. The van der Waals surface area contributed by atoms with Gasteiger partial charge in [-0.05, 0) is 12.1 Å². The summed E-state index contributed by atoms with van der Waals surface area (Å²) in [6.07, 6.45) is 1.47. The molecule has 6 nitrogen and oxygen atoms in total. The number of para-hydroxylation sites is 1. The molecule has 0 aliphatic heterocycles. The molecule has 0 amide bonds. The average Bonchev–Trinajstić information content (AvgIpc) is 2.63. The molecule has 15 heavy (non-hydrogen) atoms. The summed E-state index contributed by atoms with van der Waals surface area (Å²) in [6, 6.07) is 6.84. The van der Waals surface area contributed by atoms with Crippen molar-refractivity contribution in [2.24, 2.45) is 4.99 Å². The third-order valence-electron chi connectivity index (χ3n) is 1.75. The smallest absolute Gasteiger partial charge is 0.269 e. The van der Waals surface area contributed by atoms with Crippen molar-refractivity contribution in [3.05, 3.63) is 29.8 Å². The fraction of sp³-hybridized carbons (Fsp3) is 0. The van der Waals surface area contributed by atoms with Crippen LogP contribution in [0.4, 0.5) is 11.9 Å². The Hall–Kier alpha value is -2.37. The molecule has 1 heterocycles. The fourth-order valence-corrected chi connectivity index (χ4v) is 1.05. The van der Waals surface area contributed by atoms with Gasteiger partial charge in [-0.15, -0.1) is 5.10 Å². The van der Waals surface area contributed by atoms with E-state index >= 15 is 0 Å². The summed E-state index contributed by atoms with van der Waals surface area (Å²) in [4.78, 5) is 7.73. The molecule has 0 saturated carbocycles. The van der Waals surface area contributed by atoms with Gasteiger partial charge in [0.1, 0.15) is 5.75 Å². The minimum atomic E-state index is 0.157. The molecule has 2 rings (SSSR count). The zero-order chi connectivity index (χ0) is 10.7. The van der Waals surface area contributed by atoms with E-state index in [1.807, 2.05) is 0 Å². The highest BCUT2D eigenvalue weighted by molar-refractivity contribution is 5.84. The molecule has 0 aliphatic carbocycles. The van der Waals surface area contributed by atoms with Gasteiger partial charge in [-0.2, -0.15) is 4.98 Å². The van der Waals surface area contributed by atoms with Crippen molar-refractivity contribution >= 4 is 18.1 Å². The van der Waals surface area contributed by atoms with Crippen LogP contribution < -0.4 is 5.73 Å². The minimum Gasteiger partial charge on any atom is -0.507 e. The maximum Gasteiger partial charge on any atom is 0.269 e. The first-order valence-corrected chi connectivity index (χ1v) is 4.25. The lowest BCUT2D eigenvalue weighted by molar-refractivity contribution is 0.474. The molecule has 0 atom stereocenters. The van der Waals surface area contributed by atoms with Crippen molar-refractivity contribution in [1.82, 2.24) is 15.2 Å². The molecule has 0 unspecified atom stereocenters. The lowest BCUT2D eigenvalue weighted by Crippen LogP contribution is -1.84. The summed E-state index contributed by atoms with van der Waals surface area (Å²) >= 11 is 0. The zero-order valence-corrected chi connectivity index (χ0v) is 7.75. The number of phenolic OH excluding ortho intramolecular Hbond substituents is 1. The molecule has 6 heteroatoms. The fourth-order valence-electron chi connectivity index (χ4n) is 1.05. The number of nitrogens with zero attached hydrogens (tertiary/aromatic N) is 3. The number of H-pyrrole nitrogens is 1. The van der Waals surface area contributed by atoms with E-state index in [1.165, 1.54) is 6.21 Å². The Balaban J connectivity index is 2.22. The van der Waals surface area contributed by atoms with Crippen molar-refractivity contribution in [3.63, 3.8) is 0 Å². The summed E-state index contributed by atoms with van der Waals surface area (Å²) in [5.41, 5.74) is 5.92. The summed E-state index contributed by atoms with van der Waals surface area (Å²) < 4.78 is 0. The second-order valence-corrected chi connectivity index (χ2v) is 2.84. The molecule has 1 aromatic carbocycles. The van der Waals surface area contributed by atoms with E-state index in [0.717, 1.165) is 0 Å². The molecule has 0 saturated heterocycles. The number of anilines is 1. The molecular weight excluding hydrogens is 194 g/mol. The SMILES string of the molecule is Nc1nc(N=Cc2ccccc2O)n[nH]1. The Morgan fingerprint density at radius 1 is 1.40 bits per heavy atom. The van der Waals surface area contributed by atoms with Crippen LogP contribution in [0.3, 0.4) is 0 Å². The topological polar surface area (TPSA) is 100 Å². The van der Waals surface area contributed by atoms with Crippen molar-refractivity contribution in [2.45, 2.75) is 0 Å². The number of aromatic nitrogens is 3. The first-order chi connectivity index (χ1) is 7.25. The quantitative estimate of drug-likeness (QED) is 0.629. The maximum atomic E-state index is 9.43. The molecule has 0 spiro atoms. The van der Waals surface area contributed by atoms with Crippen LogP contribution in [0.5, 0.6) is 5.75 Å². The third-order valence-corrected chi connectivity index (χ3v) is 1.75. The molecule has 0 bridgehead atoms. The minimum absolute atomic E-state index is 0.157. The van der Waals surface area contributed by atoms with E-state index in [4.69, 9.17) is 5.73 Å². The number of hydrogen-bond donors (Lipinski definition) is 3. The molecular formula is C9H9N5O. The van der Waals surface area contributed by atoms with E-state index in [-0.39, 0.29) is 17.6 Å². The van der Waals surface area contributed by atoms with Gasteiger partial charge < -0.3 is 10.8 Å². The number of nitrogens with one attached hydrogen (secondary N) is 1. The molecule has 0 fully saturated rings. The van der Waals surface area contributed by atoms with E-state index in [2.05, 4.69) is 20.2 Å². The van der Waals surface area contributed by atoms with Gasteiger partial charge in [-0.25, -0.2) is 10.1 Å². The zero-order valence-electron chi connectivity index (χ0n) is 7.75. The Kier molecular flexibility index (Phi) is 2.32. The van der Waals surface area contributed by atoms with Crippen LogP contribution in [-0.2, 0) is 0 Å². The predicted molar refractivity (Wildman–Crippen MR) is 56.2 cm³/mol. The average molecular weight is 203 g/mol. The normalized spacial score (nSPS) is 10.9. The van der Waals surface area contributed by atoms with Crippen LogP contribution in [0.1, 0.15) is 5.56 Å². The van der Waals surface area contributed by atoms with Gasteiger partial charge >= 0.3 is 0 Å². The maximum absolute atomic E-state index is 9.43. The molecule has 0 aliphatic rings. The van der Waals surface area contributed by atoms with Crippen molar-refractivity contribution in [1.29, 1.82) is 0 Å². The summed E-state index contributed by atoms with van der Waals surface area (Å²) in [5.74, 6) is 0.597. The van der Waals surface area contributed by atoms with Crippen LogP contribution in [0, 0.1) is 0 Å². The number of nitrogens with two attached hydrogens (primary N) is 1. The van der Waals surface area contributed by atoms with Crippen LogP contribution >= 0.6 is 0 Å². The first kappa shape index (κ1) is 9.20. The van der Waals surface area contributed by atoms with Crippen LogP contribution in [0.25, 0.3) is 0 Å².